The van der Waals surface area contributed by atoms with Gasteiger partial charge in [-0.25, -0.2) is 0 Å². The first-order valence-corrected chi connectivity index (χ1v) is 12.0. The molecule has 0 aromatic rings. The van der Waals surface area contributed by atoms with Crippen LogP contribution in [0.2, 0.25) is 0 Å². The summed E-state index contributed by atoms with van der Waals surface area (Å²) in [6, 6.07) is 0. The number of rotatable bonds is 1. The minimum absolute atomic E-state index is 0.0829. The van der Waals surface area contributed by atoms with Crippen LogP contribution in [0, 0.1) is 51.7 Å². The molecular formula is C25H33NO2. The highest BCUT2D eigenvalue weighted by Gasteiger charge is 2.80. The Kier molecular flexibility index (Phi) is 2.94. The van der Waals surface area contributed by atoms with E-state index in [0.717, 1.165) is 48.1 Å². The van der Waals surface area contributed by atoms with Gasteiger partial charge in [-0.3, -0.25) is 4.79 Å². The van der Waals surface area contributed by atoms with Crippen molar-refractivity contribution in [2.24, 2.45) is 46.3 Å². The number of ether oxygens (including phenoxy) is 1. The maximum absolute atomic E-state index is 12.3. The molecule has 1 saturated heterocycles. The summed E-state index contributed by atoms with van der Waals surface area (Å²) in [7, 11) is 0. The Balaban J connectivity index is 1.32. The smallest absolute Gasteiger partial charge is 0.306 e. The van der Waals surface area contributed by atoms with E-state index in [-0.39, 0.29) is 17.0 Å². The predicted molar refractivity (Wildman–Crippen MR) is 107 cm³/mol. The number of carbonyl (C=O) groups is 1. The van der Waals surface area contributed by atoms with Gasteiger partial charge in [-0.15, -0.1) is 0 Å². The van der Waals surface area contributed by atoms with Crippen molar-refractivity contribution in [2.75, 3.05) is 0 Å². The Morgan fingerprint density at radius 3 is 2.68 bits per heavy atom. The lowest BCUT2D eigenvalue weighted by Gasteiger charge is -2.59. The minimum atomic E-state index is -0.0966. The predicted octanol–water partition coefficient (Wildman–Crippen LogP) is 5.29. The van der Waals surface area contributed by atoms with Crippen molar-refractivity contribution in [3.8, 4) is 0 Å². The second-order valence-electron chi connectivity index (χ2n) is 11.5. The molecule has 28 heavy (non-hydrogen) atoms. The fourth-order valence-corrected chi connectivity index (χ4v) is 9.95. The SMILES string of the molecule is CC[C@]12CCC3C(CC4(CC4)C4=CC(=N)CC[C@@H]43)C1C1CC1[C@@]21CCC(=O)O1. The number of hydrogen-bond acceptors (Lipinski definition) is 3. The number of carbonyl (C=O) groups excluding carboxylic acids is 1. The second-order valence-corrected chi connectivity index (χ2v) is 11.5. The van der Waals surface area contributed by atoms with Crippen LogP contribution in [-0.2, 0) is 9.53 Å². The van der Waals surface area contributed by atoms with E-state index in [2.05, 4.69) is 13.0 Å². The normalized spacial score (nSPS) is 54.5. The number of allylic oxidation sites excluding steroid dienone is 2. The first-order chi connectivity index (χ1) is 13.5. The van der Waals surface area contributed by atoms with Crippen LogP contribution >= 0.6 is 0 Å². The quantitative estimate of drug-likeness (QED) is 0.629. The third-order valence-electron chi connectivity index (χ3n) is 11.0. The number of nitrogens with one attached hydrogen (secondary N) is 1. The van der Waals surface area contributed by atoms with Gasteiger partial charge in [0.2, 0.25) is 0 Å². The molecule has 3 heteroatoms. The third kappa shape index (κ3) is 1.72. The van der Waals surface area contributed by atoms with E-state index in [9.17, 15) is 4.79 Å². The molecule has 8 atom stereocenters. The van der Waals surface area contributed by atoms with E-state index in [1.807, 2.05) is 0 Å². The van der Waals surface area contributed by atoms with Gasteiger partial charge in [-0.05, 0) is 105 Å². The topological polar surface area (TPSA) is 50.2 Å². The molecule has 2 spiro atoms. The molecule has 5 unspecified atom stereocenters. The van der Waals surface area contributed by atoms with E-state index < -0.39 is 0 Å². The molecule has 5 saturated carbocycles. The summed E-state index contributed by atoms with van der Waals surface area (Å²) in [5.41, 5.74) is 3.21. The summed E-state index contributed by atoms with van der Waals surface area (Å²) < 4.78 is 6.32. The average molecular weight is 380 g/mol. The largest absolute Gasteiger partial charge is 0.458 e. The molecule has 1 N–H and O–H groups in total. The van der Waals surface area contributed by atoms with E-state index in [1.165, 1.54) is 51.4 Å². The molecule has 7 rings (SSSR count). The molecule has 3 nitrogen and oxygen atoms in total. The van der Waals surface area contributed by atoms with E-state index in [4.69, 9.17) is 10.1 Å². The van der Waals surface area contributed by atoms with Crippen LogP contribution < -0.4 is 0 Å². The lowest BCUT2D eigenvalue weighted by Crippen LogP contribution is -2.57. The van der Waals surface area contributed by atoms with E-state index in [1.54, 1.807) is 5.57 Å². The summed E-state index contributed by atoms with van der Waals surface area (Å²) in [5.74, 6) is 4.83. The highest BCUT2D eigenvalue weighted by atomic mass is 16.6. The van der Waals surface area contributed by atoms with Crippen molar-refractivity contribution in [1.29, 1.82) is 5.41 Å². The van der Waals surface area contributed by atoms with Crippen molar-refractivity contribution < 1.29 is 9.53 Å². The summed E-state index contributed by atoms with van der Waals surface area (Å²) in [4.78, 5) is 12.3. The van der Waals surface area contributed by atoms with Gasteiger partial charge in [0.15, 0.2) is 0 Å². The van der Waals surface area contributed by atoms with Crippen LogP contribution in [-0.4, -0.2) is 17.3 Å². The Bertz CT molecular complexity index is 824. The third-order valence-corrected chi connectivity index (χ3v) is 11.0. The van der Waals surface area contributed by atoms with E-state index in [0.29, 0.717) is 17.8 Å². The highest BCUT2D eigenvalue weighted by Crippen LogP contribution is 2.81. The van der Waals surface area contributed by atoms with Crippen molar-refractivity contribution in [3.05, 3.63) is 11.6 Å². The van der Waals surface area contributed by atoms with Gasteiger partial charge in [0, 0.05) is 23.5 Å². The lowest BCUT2D eigenvalue weighted by atomic mass is 9.46. The first kappa shape index (κ1) is 16.7. The Hall–Kier alpha value is -1.12. The molecule has 7 aliphatic rings. The van der Waals surface area contributed by atoms with Crippen molar-refractivity contribution in [2.45, 2.75) is 83.2 Å². The molecule has 6 fully saturated rings. The Morgan fingerprint density at radius 2 is 1.96 bits per heavy atom. The van der Waals surface area contributed by atoms with Gasteiger partial charge in [0.05, 0.1) is 0 Å². The van der Waals surface area contributed by atoms with Gasteiger partial charge < -0.3 is 10.1 Å². The molecule has 0 radical (unpaired) electrons. The van der Waals surface area contributed by atoms with Crippen LogP contribution in [0.15, 0.2) is 11.6 Å². The van der Waals surface area contributed by atoms with Gasteiger partial charge in [-0.1, -0.05) is 12.5 Å². The number of hydrogen-bond donors (Lipinski definition) is 1. The lowest BCUT2D eigenvalue weighted by molar-refractivity contribution is -0.180. The van der Waals surface area contributed by atoms with Gasteiger partial charge in [-0.2, -0.15) is 0 Å². The minimum Gasteiger partial charge on any atom is -0.458 e. The zero-order valence-corrected chi connectivity index (χ0v) is 17.1. The summed E-state index contributed by atoms with van der Waals surface area (Å²) in [6.07, 6.45) is 15.5. The summed E-state index contributed by atoms with van der Waals surface area (Å²) >= 11 is 0. The molecule has 1 heterocycles. The van der Waals surface area contributed by atoms with Crippen LogP contribution in [0.4, 0.5) is 0 Å². The van der Waals surface area contributed by atoms with Crippen LogP contribution in [0.1, 0.15) is 77.6 Å². The monoisotopic (exact) mass is 379 g/mol. The zero-order valence-electron chi connectivity index (χ0n) is 17.1. The molecular weight excluding hydrogens is 346 g/mol. The maximum Gasteiger partial charge on any atom is 0.306 e. The van der Waals surface area contributed by atoms with Crippen LogP contribution in [0.3, 0.4) is 0 Å². The van der Waals surface area contributed by atoms with Crippen LogP contribution in [0.5, 0.6) is 0 Å². The maximum atomic E-state index is 12.3. The van der Waals surface area contributed by atoms with Gasteiger partial charge >= 0.3 is 5.97 Å². The van der Waals surface area contributed by atoms with E-state index >= 15 is 0 Å². The fourth-order valence-electron chi connectivity index (χ4n) is 9.95. The second kappa shape index (κ2) is 4.95. The molecule has 0 bridgehead atoms. The molecule has 0 aromatic heterocycles. The highest BCUT2D eigenvalue weighted by molar-refractivity contribution is 5.94. The average Bonchev–Trinajstić information content (AvgIpc) is 3.60. The Labute approximate surface area is 168 Å². The van der Waals surface area contributed by atoms with Crippen LogP contribution in [0.25, 0.3) is 0 Å². The van der Waals surface area contributed by atoms with Crippen molar-refractivity contribution >= 4 is 11.7 Å². The zero-order chi connectivity index (χ0) is 18.9. The van der Waals surface area contributed by atoms with Crippen molar-refractivity contribution in [3.63, 3.8) is 0 Å². The molecule has 0 amide bonds. The summed E-state index contributed by atoms with van der Waals surface area (Å²) in [6.45, 7) is 2.40. The molecule has 6 aliphatic carbocycles. The molecule has 0 aromatic carbocycles. The standard InChI is InChI=1S/C25H33NO2/c1-2-24-7-5-15-16-4-3-14(26)11-19(16)23(9-10-23)13-18(15)22(24)17-12-20(17)25(24)8-6-21(27)28-25/h11,15-18,20,22,26H,2-10,12-13H2,1H3/t15?,16-,17?,18?,20?,22?,24+,25+/m1/s1. The summed E-state index contributed by atoms with van der Waals surface area (Å²) in [5, 5.41) is 8.27. The van der Waals surface area contributed by atoms with Gasteiger partial charge in [0.25, 0.3) is 0 Å². The molecule has 1 aliphatic heterocycles. The first-order valence-electron chi connectivity index (χ1n) is 12.0. The Morgan fingerprint density at radius 1 is 1.11 bits per heavy atom. The fraction of sp³-hybridized carbons (Fsp3) is 0.840. The number of esters is 1. The van der Waals surface area contributed by atoms with Gasteiger partial charge in [0.1, 0.15) is 5.60 Å². The molecule has 150 valence electrons. The number of fused-ring (bicyclic) bond motifs is 10. The van der Waals surface area contributed by atoms with Crippen molar-refractivity contribution in [1.82, 2.24) is 0 Å².